The van der Waals surface area contributed by atoms with E-state index in [9.17, 15) is 0 Å². The zero-order chi connectivity index (χ0) is 17.9. The number of nitrogens with one attached hydrogen (secondary N) is 1. The van der Waals surface area contributed by atoms with Crippen molar-refractivity contribution in [3.8, 4) is 5.75 Å². The standard InChI is InChI=1S/C22H24N2OS/c1-15-3-5-20(23-12-15)21(11-18-7-8-26-14-18)24-13-17-4-6-22-19(10-17)9-16(2)25-22/h3-8,10,12,14,16,21,24H,9,11,13H2,1-2H3. The summed E-state index contributed by atoms with van der Waals surface area (Å²) in [6.45, 7) is 5.02. The summed E-state index contributed by atoms with van der Waals surface area (Å²) in [5, 5.41) is 8.07. The lowest BCUT2D eigenvalue weighted by atomic mass is 10.0. The Morgan fingerprint density at radius 3 is 2.92 bits per heavy atom. The first-order chi connectivity index (χ1) is 12.7. The number of nitrogens with zero attached hydrogens (tertiary/aromatic N) is 1. The van der Waals surface area contributed by atoms with Crippen LogP contribution in [0.15, 0.2) is 53.4 Å². The lowest BCUT2D eigenvalue weighted by Gasteiger charge is -2.18. The zero-order valence-corrected chi connectivity index (χ0v) is 16.1. The molecule has 0 spiro atoms. The topological polar surface area (TPSA) is 34.1 Å². The number of hydrogen-bond acceptors (Lipinski definition) is 4. The van der Waals surface area contributed by atoms with Gasteiger partial charge >= 0.3 is 0 Å². The molecule has 3 nitrogen and oxygen atoms in total. The van der Waals surface area contributed by atoms with Crippen molar-refractivity contribution in [1.82, 2.24) is 10.3 Å². The Hall–Kier alpha value is -2.17. The zero-order valence-electron chi connectivity index (χ0n) is 15.2. The van der Waals surface area contributed by atoms with Crippen LogP contribution < -0.4 is 10.1 Å². The summed E-state index contributed by atoms with van der Waals surface area (Å²) in [6, 6.07) is 13.2. The van der Waals surface area contributed by atoms with Gasteiger partial charge in [0.2, 0.25) is 0 Å². The van der Waals surface area contributed by atoms with Gasteiger partial charge in [-0.1, -0.05) is 18.2 Å². The van der Waals surface area contributed by atoms with Crippen LogP contribution in [-0.2, 0) is 19.4 Å². The molecule has 134 valence electrons. The molecule has 4 heteroatoms. The van der Waals surface area contributed by atoms with E-state index in [0.717, 1.165) is 30.8 Å². The molecule has 0 aliphatic carbocycles. The molecule has 4 rings (SSSR count). The Labute approximate surface area is 159 Å². The van der Waals surface area contributed by atoms with E-state index in [1.807, 2.05) is 6.20 Å². The van der Waals surface area contributed by atoms with E-state index in [0.29, 0.717) is 0 Å². The molecule has 0 saturated heterocycles. The Kier molecular flexibility index (Phi) is 5.05. The maximum absolute atomic E-state index is 5.81. The van der Waals surface area contributed by atoms with E-state index < -0.39 is 0 Å². The lowest BCUT2D eigenvalue weighted by molar-refractivity contribution is 0.254. The van der Waals surface area contributed by atoms with Crippen molar-refractivity contribution in [1.29, 1.82) is 0 Å². The molecule has 3 heterocycles. The minimum absolute atomic E-state index is 0.202. The summed E-state index contributed by atoms with van der Waals surface area (Å²) in [7, 11) is 0. The highest BCUT2D eigenvalue weighted by Crippen LogP contribution is 2.29. The third-order valence-corrected chi connectivity index (χ3v) is 5.56. The second-order valence-electron chi connectivity index (χ2n) is 7.10. The Bertz CT molecular complexity index is 858. The number of ether oxygens (including phenoxy) is 1. The molecule has 1 aromatic carbocycles. The van der Waals surface area contributed by atoms with Gasteiger partial charge in [0.25, 0.3) is 0 Å². The van der Waals surface area contributed by atoms with E-state index in [1.54, 1.807) is 11.3 Å². The lowest BCUT2D eigenvalue weighted by Crippen LogP contribution is -2.23. The van der Waals surface area contributed by atoms with Crippen molar-refractivity contribution in [2.75, 3.05) is 0 Å². The van der Waals surface area contributed by atoms with Crippen LogP contribution in [0.3, 0.4) is 0 Å². The molecule has 1 aliphatic heterocycles. The molecule has 1 aliphatic rings. The highest BCUT2D eigenvalue weighted by atomic mass is 32.1. The van der Waals surface area contributed by atoms with Crippen molar-refractivity contribution in [3.63, 3.8) is 0 Å². The normalized spacial score (nSPS) is 16.9. The molecule has 2 unspecified atom stereocenters. The maximum Gasteiger partial charge on any atom is 0.123 e. The number of benzene rings is 1. The summed E-state index contributed by atoms with van der Waals surface area (Å²) in [6.07, 6.45) is 4.19. The molecule has 0 bridgehead atoms. The van der Waals surface area contributed by atoms with E-state index in [2.05, 4.69) is 71.3 Å². The van der Waals surface area contributed by atoms with Gasteiger partial charge in [-0.15, -0.1) is 0 Å². The number of hydrogen-bond donors (Lipinski definition) is 1. The van der Waals surface area contributed by atoms with Crippen molar-refractivity contribution in [2.24, 2.45) is 0 Å². The van der Waals surface area contributed by atoms with E-state index in [-0.39, 0.29) is 12.1 Å². The molecular formula is C22H24N2OS. The van der Waals surface area contributed by atoms with Gasteiger partial charge in [-0.3, -0.25) is 4.98 Å². The first-order valence-corrected chi connectivity index (χ1v) is 10.1. The molecule has 26 heavy (non-hydrogen) atoms. The summed E-state index contributed by atoms with van der Waals surface area (Å²) in [4.78, 5) is 4.66. The molecule has 3 aromatic rings. The quantitative estimate of drug-likeness (QED) is 0.679. The second kappa shape index (κ2) is 7.60. The summed E-state index contributed by atoms with van der Waals surface area (Å²) >= 11 is 1.75. The molecule has 2 aromatic heterocycles. The van der Waals surface area contributed by atoms with Crippen molar-refractivity contribution >= 4 is 11.3 Å². The van der Waals surface area contributed by atoms with Gasteiger partial charge in [0, 0.05) is 19.2 Å². The van der Waals surface area contributed by atoms with Gasteiger partial charge in [0.15, 0.2) is 0 Å². The van der Waals surface area contributed by atoms with Crippen LogP contribution in [-0.4, -0.2) is 11.1 Å². The fourth-order valence-corrected chi connectivity index (χ4v) is 4.12. The largest absolute Gasteiger partial charge is 0.490 e. The third kappa shape index (κ3) is 3.97. The summed E-state index contributed by atoms with van der Waals surface area (Å²) in [5.74, 6) is 1.04. The van der Waals surface area contributed by atoms with Gasteiger partial charge in [-0.2, -0.15) is 11.3 Å². The van der Waals surface area contributed by atoms with Crippen LogP contribution in [0, 0.1) is 6.92 Å². The molecule has 0 radical (unpaired) electrons. The van der Waals surface area contributed by atoms with E-state index >= 15 is 0 Å². The van der Waals surface area contributed by atoms with Crippen molar-refractivity contribution in [3.05, 3.63) is 81.3 Å². The first-order valence-electron chi connectivity index (χ1n) is 9.13. The number of pyridine rings is 1. The van der Waals surface area contributed by atoms with Crippen LogP contribution in [0.1, 0.15) is 40.9 Å². The molecule has 0 amide bonds. The van der Waals surface area contributed by atoms with Crippen LogP contribution in [0.25, 0.3) is 0 Å². The highest BCUT2D eigenvalue weighted by molar-refractivity contribution is 7.07. The van der Waals surface area contributed by atoms with Crippen LogP contribution in [0.2, 0.25) is 0 Å². The van der Waals surface area contributed by atoms with Gasteiger partial charge in [-0.25, -0.2) is 0 Å². The smallest absolute Gasteiger partial charge is 0.123 e. The Morgan fingerprint density at radius 2 is 2.15 bits per heavy atom. The number of thiophene rings is 1. The predicted octanol–water partition coefficient (Wildman–Crippen LogP) is 4.85. The van der Waals surface area contributed by atoms with Gasteiger partial charge in [0.05, 0.1) is 11.7 Å². The third-order valence-electron chi connectivity index (χ3n) is 4.82. The molecular weight excluding hydrogens is 340 g/mol. The first kappa shape index (κ1) is 17.3. The molecule has 1 N–H and O–H groups in total. The second-order valence-corrected chi connectivity index (χ2v) is 7.88. The number of aryl methyl sites for hydroxylation is 1. The monoisotopic (exact) mass is 364 g/mol. The minimum Gasteiger partial charge on any atom is -0.490 e. The Morgan fingerprint density at radius 1 is 1.23 bits per heavy atom. The summed E-state index contributed by atoms with van der Waals surface area (Å²) in [5.41, 5.74) is 6.25. The van der Waals surface area contributed by atoms with E-state index in [1.165, 1.54) is 22.3 Å². The van der Waals surface area contributed by atoms with E-state index in [4.69, 9.17) is 4.74 Å². The number of fused-ring (bicyclic) bond motifs is 1. The maximum atomic E-state index is 5.81. The number of aromatic nitrogens is 1. The minimum atomic E-state index is 0.202. The number of rotatable bonds is 6. The van der Waals surface area contributed by atoms with Gasteiger partial charge in [-0.05, 0) is 71.5 Å². The van der Waals surface area contributed by atoms with Crippen LogP contribution in [0.4, 0.5) is 0 Å². The van der Waals surface area contributed by atoms with Crippen LogP contribution >= 0.6 is 11.3 Å². The Balaban J connectivity index is 1.49. The fraction of sp³-hybridized carbons (Fsp3) is 0.318. The summed E-state index contributed by atoms with van der Waals surface area (Å²) < 4.78 is 5.81. The molecule has 0 fully saturated rings. The van der Waals surface area contributed by atoms with Crippen molar-refractivity contribution in [2.45, 2.75) is 45.4 Å². The van der Waals surface area contributed by atoms with Gasteiger partial charge < -0.3 is 10.1 Å². The highest BCUT2D eigenvalue weighted by Gasteiger charge is 2.19. The average Bonchev–Trinajstić information content (AvgIpc) is 3.27. The average molecular weight is 365 g/mol. The molecule has 0 saturated carbocycles. The SMILES string of the molecule is Cc1ccc(C(Cc2ccsc2)NCc2ccc3c(c2)CC(C)O3)nc1. The fourth-order valence-electron chi connectivity index (χ4n) is 3.44. The van der Waals surface area contributed by atoms with Gasteiger partial charge in [0.1, 0.15) is 11.9 Å². The van der Waals surface area contributed by atoms with Crippen molar-refractivity contribution < 1.29 is 4.74 Å². The van der Waals surface area contributed by atoms with Crippen LogP contribution in [0.5, 0.6) is 5.75 Å². The molecule has 2 atom stereocenters. The predicted molar refractivity (Wildman–Crippen MR) is 107 cm³/mol.